The predicted octanol–water partition coefficient (Wildman–Crippen LogP) is 2.61. The van der Waals surface area contributed by atoms with Crippen LogP contribution in [0.5, 0.6) is 5.75 Å². The van der Waals surface area contributed by atoms with Gasteiger partial charge in [0.15, 0.2) is 0 Å². The summed E-state index contributed by atoms with van der Waals surface area (Å²) < 4.78 is 6.46. The molecule has 1 atom stereocenters. The van der Waals surface area contributed by atoms with Crippen molar-refractivity contribution in [3.05, 3.63) is 28.2 Å². The molecule has 1 aliphatic heterocycles. The van der Waals surface area contributed by atoms with Crippen LogP contribution < -0.4 is 10.1 Å². The number of hydrogen-bond donors (Lipinski definition) is 1. The van der Waals surface area contributed by atoms with Crippen molar-refractivity contribution in [2.75, 3.05) is 20.2 Å². The smallest absolute Gasteiger partial charge is 0.123 e. The minimum atomic E-state index is 0.764. The maximum Gasteiger partial charge on any atom is 0.123 e. The molecule has 0 saturated carbocycles. The number of benzene rings is 1. The second kappa shape index (κ2) is 4.99. The van der Waals surface area contributed by atoms with Gasteiger partial charge in [0.25, 0.3) is 0 Å². The van der Waals surface area contributed by atoms with Crippen LogP contribution in [0.1, 0.15) is 12.0 Å². The largest absolute Gasteiger partial charge is 0.496 e. The zero-order valence-corrected chi connectivity index (χ0v) is 10.5. The average Bonchev–Trinajstić information content (AvgIpc) is 2.73. The summed E-state index contributed by atoms with van der Waals surface area (Å²) in [6.07, 6.45) is 2.39. The van der Waals surface area contributed by atoms with Crippen molar-refractivity contribution >= 4 is 15.9 Å². The first-order chi connectivity index (χ1) is 7.29. The molecule has 1 N–H and O–H groups in total. The number of ether oxygens (including phenoxy) is 1. The third kappa shape index (κ3) is 2.73. The monoisotopic (exact) mass is 269 g/mol. The van der Waals surface area contributed by atoms with Crippen LogP contribution in [0.15, 0.2) is 22.7 Å². The van der Waals surface area contributed by atoms with Crippen molar-refractivity contribution in [3.63, 3.8) is 0 Å². The summed E-state index contributed by atoms with van der Waals surface area (Å²) >= 11 is 3.46. The molecule has 1 fully saturated rings. The van der Waals surface area contributed by atoms with Gasteiger partial charge in [0.05, 0.1) is 7.11 Å². The third-order valence-electron chi connectivity index (χ3n) is 2.92. The minimum Gasteiger partial charge on any atom is -0.496 e. The number of methoxy groups -OCH3 is 1. The molecule has 82 valence electrons. The van der Waals surface area contributed by atoms with E-state index in [0.29, 0.717) is 0 Å². The summed E-state index contributed by atoms with van der Waals surface area (Å²) in [4.78, 5) is 0. The van der Waals surface area contributed by atoms with Gasteiger partial charge in [-0.25, -0.2) is 0 Å². The van der Waals surface area contributed by atoms with Crippen molar-refractivity contribution in [1.82, 2.24) is 5.32 Å². The molecular weight excluding hydrogens is 254 g/mol. The normalized spacial score (nSPS) is 20.5. The topological polar surface area (TPSA) is 21.3 Å². The highest BCUT2D eigenvalue weighted by atomic mass is 79.9. The Bertz CT molecular complexity index is 334. The molecule has 3 heteroatoms. The molecule has 0 bridgehead atoms. The number of halogens is 1. The Kier molecular flexibility index (Phi) is 3.65. The second-order valence-corrected chi connectivity index (χ2v) is 4.93. The van der Waals surface area contributed by atoms with E-state index in [1.54, 1.807) is 7.11 Å². The van der Waals surface area contributed by atoms with E-state index in [9.17, 15) is 0 Å². The van der Waals surface area contributed by atoms with Crippen LogP contribution in [-0.2, 0) is 6.42 Å². The molecule has 2 rings (SSSR count). The highest BCUT2D eigenvalue weighted by Gasteiger charge is 2.16. The van der Waals surface area contributed by atoms with Crippen LogP contribution in [0.3, 0.4) is 0 Å². The molecule has 2 nitrogen and oxygen atoms in total. The van der Waals surface area contributed by atoms with Gasteiger partial charge in [-0.05, 0) is 49.5 Å². The lowest BCUT2D eigenvalue weighted by Gasteiger charge is -2.12. The molecule has 1 heterocycles. The molecule has 1 aliphatic rings. The standard InChI is InChI=1S/C12H16BrNO/c1-15-12-7-11(13)3-2-10(12)6-9-4-5-14-8-9/h2-3,7,9,14H,4-6,8H2,1H3. The van der Waals surface area contributed by atoms with Gasteiger partial charge in [-0.2, -0.15) is 0 Å². The van der Waals surface area contributed by atoms with Gasteiger partial charge < -0.3 is 10.1 Å². The Hall–Kier alpha value is -0.540. The summed E-state index contributed by atoms with van der Waals surface area (Å²) in [6, 6.07) is 6.28. The van der Waals surface area contributed by atoms with Crippen LogP contribution in [0.4, 0.5) is 0 Å². The van der Waals surface area contributed by atoms with E-state index in [1.165, 1.54) is 12.0 Å². The first kappa shape index (κ1) is 11.0. The molecule has 0 spiro atoms. The van der Waals surface area contributed by atoms with Crippen LogP contribution in [0, 0.1) is 5.92 Å². The van der Waals surface area contributed by atoms with Crippen LogP contribution >= 0.6 is 15.9 Å². The van der Waals surface area contributed by atoms with E-state index in [2.05, 4.69) is 33.4 Å². The van der Waals surface area contributed by atoms with E-state index in [1.807, 2.05) is 6.07 Å². The first-order valence-corrected chi connectivity index (χ1v) is 6.12. The second-order valence-electron chi connectivity index (χ2n) is 4.02. The van der Waals surface area contributed by atoms with E-state index < -0.39 is 0 Å². The van der Waals surface area contributed by atoms with E-state index in [0.717, 1.165) is 35.7 Å². The minimum absolute atomic E-state index is 0.764. The first-order valence-electron chi connectivity index (χ1n) is 5.32. The summed E-state index contributed by atoms with van der Waals surface area (Å²) in [5, 5.41) is 3.39. The average molecular weight is 270 g/mol. The summed E-state index contributed by atoms with van der Waals surface area (Å²) in [5.74, 6) is 1.76. The molecule has 0 aliphatic carbocycles. The van der Waals surface area contributed by atoms with Gasteiger partial charge in [-0.1, -0.05) is 22.0 Å². The van der Waals surface area contributed by atoms with Crippen LogP contribution in [0.25, 0.3) is 0 Å². The van der Waals surface area contributed by atoms with Crippen LogP contribution in [-0.4, -0.2) is 20.2 Å². The van der Waals surface area contributed by atoms with Crippen molar-refractivity contribution < 1.29 is 4.74 Å². The maximum absolute atomic E-state index is 5.39. The van der Waals surface area contributed by atoms with Crippen molar-refractivity contribution in [1.29, 1.82) is 0 Å². The molecule has 1 unspecified atom stereocenters. The molecule has 1 saturated heterocycles. The van der Waals surface area contributed by atoms with Gasteiger partial charge in [0.2, 0.25) is 0 Å². The molecule has 1 aromatic carbocycles. The lowest BCUT2D eigenvalue weighted by atomic mass is 9.98. The summed E-state index contributed by atoms with van der Waals surface area (Å²) in [5.41, 5.74) is 1.31. The Morgan fingerprint density at radius 1 is 1.53 bits per heavy atom. The van der Waals surface area contributed by atoms with Gasteiger partial charge in [0.1, 0.15) is 5.75 Å². The fraction of sp³-hybridized carbons (Fsp3) is 0.500. The van der Waals surface area contributed by atoms with Crippen molar-refractivity contribution in [2.24, 2.45) is 5.92 Å². The lowest BCUT2D eigenvalue weighted by molar-refractivity contribution is 0.405. The molecule has 15 heavy (non-hydrogen) atoms. The maximum atomic E-state index is 5.39. The molecule has 0 radical (unpaired) electrons. The zero-order chi connectivity index (χ0) is 10.7. The SMILES string of the molecule is COc1cc(Br)ccc1CC1CCNC1. The molecule has 1 aromatic rings. The Morgan fingerprint density at radius 3 is 3.07 bits per heavy atom. The Labute approximate surface area is 99.1 Å². The summed E-state index contributed by atoms with van der Waals surface area (Å²) in [6.45, 7) is 2.29. The molecule has 0 aromatic heterocycles. The summed E-state index contributed by atoms with van der Waals surface area (Å²) in [7, 11) is 1.73. The van der Waals surface area contributed by atoms with Crippen molar-refractivity contribution in [3.8, 4) is 5.75 Å². The highest BCUT2D eigenvalue weighted by Crippen LogP contribution is 2.27. The Morgan fingerprint density at radius 2 is 2.40 bits per heavy atom. The number of hydrogen-bond acceptors (Lipinski definition) is 2. The fourth-order valence-corrected chi connectivity index (χ4v) is 2.43. The molecule has 0 amide bonds. The number of rotatable bonds is 3. The predicted molar refractivity (Wildman–Crippen MR) is 65.4 cm³/mol. The van der Waals surface area contributed by atoms with Gasteiger partial charge in [0, 0.05) is 4.47 Å². The van der Waals surface area contributed by atoms with Gasteiger partial charge >= 0.3 is 0 Å². The quantitative estimate of drug-likeness (QED) is 0.911. The van der Waals surface area contributed by atoms with Gasteiger partial charge in [-0.15, -0.1) is 0 Å². The third-order valence-corrected chi connectivity index (χ3v) is 3.41. The Balaban J connectivity index is 2.12. The number of nitrogens with one attached hydrogen (secondary N) is 1. The van der Waals surface area contributed by atoms with E-state index >= 15 is 0 Å². The fourth-order valence-electron chi connectivity index (χ4n) is 2.09. The molecular formula is C12H16BrNO. The van der Waals surface area contributed by atoms with E-state index in [4.69, 9.17) is 4.74 Å². The van der Waals surface area contributed by atoms with Gasteiger partial charge in [-0.3, -0.25) is 0 Å². The van der Waals surface area contributed by atoms with Crippen LogP contribution in [0.2, 0.25) is 0 Å². The lowest BCUT2D eigenvalue weighted by Crippen LogP contribution is -2.11. The zero-order valence-electron chi connectivity index (χ0n) is 8.92. The highest BCUT2D eigenvalue weighted by molar-refractivity contribution is 9.10. The van der Waals surface area contributed by atoms with E-state index in [-0.39, 0.29) is 0 Å². The van der Waals surface area contributed by atoms with Crippen molar-refractivity contribution in [2.45, 2.75) is 12.8 Å².